The molecule has 0 aliphatic heterocycles. The smallest absolute Gasteiger partial charge is 0.118 e. The van der Waals surface area contributed by atoms with Gasteiger partial charge in [-0.3, -0.25) is 0 Å². The number of benzene rings is 2. The highest BCUT2D eigenvalue weighted by molar-refractivity contribution is 6.33. The standard InChI is InChI=1S/C15H10Cl2N2/c16-13-6-2-1-5-11(13)9-12(10-18)19-15-8-4-3-7-14(15)17/h1-9,19H/b12-9+. The number of nitrogens with zero attached hydrogens (tertiary/aromatic N) is 1. The van der Waals surface area contributed by atoms with Gasteiger partial charge in [-0.1, -0.05) is 53.5 Å². The van der Waals surface area contributed by atoms with E-state index in [1.165, 1.54) is 0 Å². The van der Waals surface area contributed by atoms with Crippen LogP contribution in [-0.4, -0.2) is 0 Å². The third-order valence-corrected chi connectivity index (χ3v) is 3.14. The molecule has 2 rings (SSSR count). The molecule has 0 spiro atoms. The summed E-state index contributed by atoms with van der Waals surface area (Å²) >= 11 is 12.1. The molecule has 2 aromatic rings. The van der Waals surface area contributed by atoms with Crippen LogP contribution >= 0.6 is 23.2 Å². The van der Waals surface area contributed by atoms with E-state index in [0.717, 1.165) is 5.56 Å². The molecule has 2 nitrogen and oxygen atoms in total. The first-order valence-corrected chi connectivity index (χ1v) is 6.34. The second kappa shape index (κ2) is 6.29. The van der Waals surface area contributed by atoms with Gasteiger partial charge in [0.2, 0.25) is 0 Å². The highest BCUT2D eigenvalue weighted by atomic mass is 35.5. The van der Waals surface area contributed by atoms with E-state index in [-0.39, 0.29) is 0 Å². The summed E-state index contributed by atoms with van der Waals surface area (Å²) in [6, 6.07) is 16.6. The summed E-state index contributed by atoms with van der Waals surface area (Å²) in [5.74, 6) is 0. The fourth-order valence-electron chi connectivity index (χ4n) is 1.55. The van der Waals surface area contributed by atoms with Crippen LogP contribution < -0.4 is 5.32 Å². The second-order valence-electron chi connectivity index (χ2n) is 3.80. The van der Waals surface area contributed by atoms with Gasteiger partial charge in [0, 0.05) is 5.02 Å². The Bertz CT molecular complexity index is 657. The number of nitriles is 1. The van der Waals surface area contributed by atoms with Gasteiger partial charge in [-0.05, 0) is 29.8 Å². The van der Waals surface area contributed by atoms with Crippen molar-refractivity contribution in [2.75, 3.05) is 5.32 Å². The number of halogens is 2. The van der Waals surface area contributed by atoms with Crippen molar-refractivity contribution in [3.8, 4) is 6.07 Å². The minimum absolute atomic E-state index is 0.376. The van der Waals surface area contributed by atoms with Crippen LogP contribution in [0.3, 0.4) is 0 Å². The van der Waals surface area contributed by atoms with E-state index >= 15 is 0 Å². The highest BCUT2D eigenvalue weighted by Crippen LogP contribution is 2.23. The number of allylic oxidation sites excluding steroid dienone is 1. The summed E-state index contributed by atoms with van der Waals surface area (Å²) in [6.45, 7) is 0. The van der Waals surface area contributed by atoms with Gasteiger partial charge in [0.25, 0.3) is 0 Å². The molecule has 0 amide bonds. The topological polar surface area (TPSA) is 35.8 Å². The van der Waals surface area contributed by atoms with Crippen LogP contribution in [0.5, 0.6) is 0 Å². The lowest BCUT2D eigenvalue weighted by molar-refractivity contribution is 1.44. The summed E-state index contributed by atoms with van der Waals surface area (Å²) in [5, 5.41) is 13.3. The zero-order valence-electron chi connectivity index (χ0n) is 9.90. The Morgan fingerprint density at radius 1 is 1.00 bits per heavy atom. The Hall–Kier alpha value is -1.95. The van der Waals surface area contributed by atoms with Crippen molar-refractivity contribution in [3.63, 3.8) is 0 Å². The molecular weight excluding hydrogens is 279 g/mol. The number of para-hydroxylation sites is 1. The Labute approximate surface area is 121 Å². The van der Waals surface area contributed by atoms with Crippen LogP contribution in [0.4, 0.5) is 5.69 Å². The average molecular weight is 289 g/mol. The van der Waals surface area contributed by atoms with E-state index in [1.54, 1.807) is 24.3 Å². The summed E-state index contributed by atoms with van der Waals surface area (Å²) in [6.07, 6.45) is 1.69. The zero-order chi connectivity index (χ0) is 13.7. The molecule has 94 valence electrons. The molecule has 0 fully saturated rings. The lowest BCUT2D eigenvalue weighted by atomic mass is 10.2. The van der Waals surface area contributed by atoms with E-state index < -0.39 is 0 Å². The lowest BCUT2D eigenvalue weighted by Gasteiger charge is -2.07. The highest BCUT2D eigenvalue weighted by Gasteiger charge is 2.03. The first kappa shape index (κ1) is 13.5. The second-order valence-corrected chi connectivity index (χ2v) is 4.61. The minimum atomic E-state index is 0.376. The number of anilines is 1. The molecule has 0 radical (unpaired) electrons. The van der Waals surface area contributed by atoms with Crippen LogP contribution in [0.25, 0.3) is 6.08 Å². The lowest BCUT2D eigenvalue weighted by Crippen LogP contribution is -1.97. The van der Waals surface area contributed by atoms with Crippen molar-refractivity contribution >= 4 is 35.0 Å². The molecule has 0 saturated heterocycles. The zero-order valence-corrected chi connectivity index (χ0v) is 11.4. The summed E-state index contributed by atoms with van der Waals surface area (Å²) < 4.78 is 0. The Morgan fingerprint density at radius 2 is 1.63 bits per heavy atom. The van der Waals surface area contributed by atoms with Crippen molar-refractivity contribution in [2.45, 2.75) is 0 Å². The molecule has 1 N–H and O–H groups in total. The van der Waals surface area contributed by atoms with Crippen molar-refractivity contribution in [3.05, 3.63) is 69.8 Å². The number of hydrogen-bond donors (Lipinski definition) is 1. The largest absolute Gasteiger partial charge is 0.346 e. The quantitative estimate of drug-likeness (QED) is 0.810. The minimum Gasteiger partial charge on any atom is -0.346 e. The third kappa shape index (κ3) is 3.51. The van der Waals surface area contributed by atoms with Crippen LogP contribution in [-0.2, 0) is 0 Å². The van der Waals surface area contributed by atoms with Crippen LogP contribution in [0.15, 0.2) is 54.2 Å². The molecule has 0 aromatic heterocycles. The SMILES string of the molecule is N#C/C(=C\c1ccccc1Cl)Nc1ccccc1Cl. The fourth-order valence-corrected chi connectivity index (χ4v) is 1.92. The van der Waals surface area contributed by atoms with E-state index in [0.29, 0.717) is 21.4 Å². The summed E-state index contributed by atoms with van der Waals surface area (Å²) in [4.78, 5) is 0. The molecule has 0 bridgehead atoms. The summed E-state index contributed by atoms with van der Waals surface area (Å²) in [5.41, 5.74) is 1.84. The molecule has 0 heterocycles. The van der Waals surface area contributed by atoms with Gasteiger partial charge in [0.1, 0.15) is 11.8 Å². The molecule has 0 aliphatic carbocycles. The maximum atomic E-state index is 9.16. The maximum Gasteiger partial charge on any atom is 0.118 e. The van der Waals surface area contributed by atoms with Gasteiger partial charge >= 0.3 is 0 Å². The Kier molecular flexibility index (Phi) is 4.46. The average Bonchev–Trinajstić information content (AvgIpc) is 2.42. The van der Waals surface area contributed by atoms with Crippen LogP contribution in [0, 0.1) is 11.3 Å². The molecule has 0 atom stereocenters. The van der Waals surface area contributed by atoms with E-state index in [4.69, 9.17) is 28.5 Å². The van der Waals surface area contributed by atoms with Crippen molar-refractivity contribution in [1.29, 1.82) is 5.26 Å². The monoisotopic (exact) mass is 288 g/mol. The Balaban J connectivity index is 2.30. The predicted molar refractivity (Wildman–Crippen MR) is 80.1 cm³/mol. The molecule has 19 heavy (non-hydrogen) atoms. The maximum absolute atomic E-state index is 9.16. The van der Waals surface area contributed by atoms with Crippen molar-refractivity contribution < 1.29 is 0 Å². The molecule has 2 aromatic carbocycles. The van der Waals surface area contributed by atoms with Gasteiger partial charge in [-0.25, -0.2) is 0 Å². The number of nitrogens with one attached hydrogen (secondary N) is 1. The molecular formula is C15H10Cl2N2. The normalized spacial score (nSPS) is 10.9. The van der Waals surface area contributed by atoms with Crippen LogP contribution in [0.2, 0.25) is 10.0 Å². The molecule has 4 heteroatoms. The molecule has 0 saturated carbocycles. The van der Waals surface area contributed by atoms with Gasteiger partial charge in [-0.15, -0.1) is 0 Å². The van der Waals surface area contributed by atoms with Crippen molar-refractivity contribution in [2.24, 2.45) is 0 Å². The van der Waals surface area contributed by atoms with Gasteiger partial charge < -0.3 is 5.32 Å². The van der Waals surface area contributed by atoms with Gasteiger partial charge in [0.05, 0.1) is 10.7 Å². The van der Waals surface area contributed by atoms with E-state index in [1.807, 2.05) is 30.3 Å². The van der Waals surface area contributed by atoms with Gasteiger partial charge in [-0.2, -0.15) is 5.26 Å². The Morgan fingerprint density at radius 3 is 2.26 bits per heavy atom. The fraction of sp³-hybridized carbons (Fsp3) is 0. The van der Waals surface area contributed by atoms with Crippen LogP contribution in [0.1, 0.15) is 5.56 Å². The van der Waals surface area contributed by atoms with E-state index in [2.05, 4.69) is 11.4 Å². The first-order chi connectivity index (χ1) is 9.20. The van der Waals surface area contributed by atoms with Gasteiger partial charge in [0.15, 0.2) is 0 Å². The van der Waals surface area contributed by atoms with Crippen molar-refractivity contribution in [1.82, 2.24) is 0 Å². The number of hydrogen-bond acceptors (Lipinski definition) is 2. The number of rotatable bonds is 3. The third-order valence-electron chi connectivity index (χ3n) is 2.47. The predicted octanol–water partition coefficient (Wildman–Crippen LogP) is 4.97. The van der Waals surface area contributed by atoms with E-state index in [9.17, 15) is 0 Å². The summed E-state index contributed by atoms with van der Waals surface area (Å²) in [7, 11) is 0. The molecule has 0 aliphatic rings. The first-order valence-electron chi connectivity index (χ1n) is 5.58. The molecule has 0 unspecified atom stereocenters.